The summed E-state index contributed by atoms with van der Waals surface area (Å²) in [7, 11) is -1.03. The average molecular weight is 464 g/mol. The van der Waals surface area contributed by atoms with Gasteiger partial charge < -0.3 is 19.3 Å². The van der Waals surface area contributed by atoms with Gasteiger partial charge in [-0.15, -0.1) is 0 Å². The SMILES string of the molecule is CC(C)OC([Si](C)C)C(O)(COCc1ccccc1)c1cccc(OCc2ccccc2)c1. The number of aliphatic hydroxyl groups is 1. The van der Waals surface area contributed by atoms with Gasteiger partial charge >= 0.3 is 0 Å². The minimum atomic E-state index is -1.29. The van der Waals surface area contributed by atoms with Crippen LogP contribution in [0.2, 0.25) is 13.1 Å². The van der Waals surface area contributed by atoms with Crippen molar-refractivity contribution < 1.29 is 19.3 Å². The quantitative estimate of drug-likeness (QED) is 0.347. The smallest absolute Gasteiger partial charge is 0.136 e. The van der Waals surface area contributed by atoms with Gasteiger partial charge in [-0.3, -0.25) is 0 Å². The maximum absolute atomic E-state index is 12.1. The van der Waals surface area contributed by atoms with Gasteiger partial charge in [-0.05, 0) is 42.7 Å². The van der Waals surface area contributed by atoms with E-state index in [0.717, 1.165) is 16.7 Å². The van der Waals surface area contributed by atoms with Crippen molar-refractivity contribution in [2.75, 3.05) is 6.61 Å². The van der Waals surface area contributed by atoms with Gasteiger partial charge in [-0.1, -0.05) is 85.9 Å². The van der Waals surface area contributed by atoms with Crippen molar-refractivity contribution in [3.63, 3.8) is 0 Å². The molecule has 0 aromatic heterocycles. The van der Waals surface area contributed by atoms with Crippen molar-refractivity contribution in [3.05, 3.63) is 102 Å². The molecule has 0 aliphatic rings. The summed E-state index contributed by atoms with van der Waals surface area (Å²) in [4.78, 5) is 0. The molecule has 33 heavy (non-hydrogen) atoms. The molecule has 0 fully saturated rings. The zero-order valence-corrected chi connectivity index (χ0v) is 21.0. The lowest BCUT2D eigenvalue weighted by Gasteiger charge is -2.39. The number of hydrogen-bond donors (Lipinski definition) is 1. The van der Waals surface area contributed by atoms with Gasteiger partial charge in [0.2, 0.25) is 0 Å². The molecule has 0 saturated heterocycles. The largest absolute Gasteiger partial charge is 0.489 e. The van der Waals surface area contributed by atoms with Gasteiger partial charge in [0.05, 0.1) is 33.8 Å². The van der Waals surface area contributed by atoms with Crippen LogP contribution in [0, 0.1) is 0 Å². The first-order chi connectivity index (χ1) is 15.9. The molecule has 3 aromatic carbocycles. The Kier molecular flexibility index (Phi) is 9.27. The van der Waals surface area contributed by atoms with Crippen molar-refractivity contribution in [1.29, 1.82) is 0 Å². The van der Waals surface area contributed by atoms with Gasteiger partial charge in [0.25, 0.3) is 0 Å². The molecule has 5 heteroatoms. The fourth-order valence-electron chi connectivity index (χ4n) is 3.80. The monoisotopic (exact) mass is 463 g/mol. The predicted octanol–water partition coefficient (Wildman–Crippen LogP) is 5.76. The molecule has 0 spiro atoms. The van der Waals surface area contributed by atoms with E-state index in [1.54, 1.807) is 0 Å². The maximum Gasteiger partial charge on any atom is 0.136 e. The molecule has 0 aliphatic carbocycles. The number of benzene rings is 3. The molecule has 175 valence electrons. The Morgan fingerprint density at radius 3 is 2.00 bits per heavy atom. The molecular formula is C28H35O4Si. The summed E-state index contributed by atoms with van der Waals surface area (Å²) in [6, 6.07) is 27.7. The van der Waals surface area contributed by atoms with Crippen LogP contribution in [0.15, 0.2) is 84.9 Å². The molecule has 1 radical (unpaired) electrons. The van der Waals surface area contributed by atoms with Crippen molar-refractivity contribution in [1.82, 2.24) is 0 Å². The second-order valence-corrected chi connectivity index (χ2v) is 11.5. The Labute approximate surface area is 199 Å². The summed E-state index contributed by atoms with van der Waals surface area (Å²) in [5, 5.41) is 12.1. The van der Waals surface area contributed by atoms with E-state index in [1.165, 1.54) is 0 Å². The lowest BCUT2D eigenvalue weighted by molar-refractivity contribution is -0.136. The summed E-state index contributed by atoms with van der Waals surface area (Å²) in [5.41, 5.74) is 1.28. The highest BCUT2D eigenvalue weighted by atomic mass is 28.3. The lowest BCUT2D eigenvalue weighted by Crippen LogP contribution is -2.52. The first kappa shape index (κ1) is 25.2. The van der Waals surface area contributed by atoms with Crippen LogP contribution in [-0.4, -0.2) is 32.3 Å². The molecule has 3 rings (SSSR count). The van der Waals surface area contributed by atoms with E-state index >= 15 is 0 Å². The Balaban J connectivity index is 1.83. The molecule has 1 N–H and O–H groups in total. The first-order valence-corrected chi connectivity index (χ1v) is 14.0. The predicted molar refractivity (Wildman–Crippen MR) is 135 cm³/mol. The third kappa shape index (κ3) is 7.27. The van der Waals surface area contributed by atoms with E-state index in [1.807, 2.05) is 98.8 Å². The van der Waals surface area contributed by atoms with Crippen LogP contribution >= 0.6 is 0 Å². The molecule has 2 unspecified atom stereocenters. The second-order valence-electron chi connectivity index (χ2n) is 8.85. The van der Waals surface area contributed by atoms with Gasteiger partial charge in [-0.2, -0.15) is 0 Å². The van der Waals surface area contributed by atoms with Crippen LogP contribution < -0.4 is 4.74 Å². The summed E-state index contributed by atoms with van der Waals surface area (Å²) >= 11 is 0. The molecule has 0 aliphatic heterocycles. The molecule has 0 saturated carbocycles. The Bertz CT molecular complexity index is 962. The average Bonchev–Trinajstić information content (AvgIpc) is 2.82. The molecule has 4 nitrogen and oxygen atoms in total. The van der Waals surface area contributed by atoms with Gasteiger partial charge in [0.15, 0.2) is 0 Å². The van der Waals surface area contributed by atoms with E-state index in [4.69, 9.17) is 14.2 Å². The first-order valence-electron chi connectivity index (χ1n) is 11.5. The summed E-state index contributed by atoms with van der Waals surface area (Å²) in [5.74, 6) is 0.710. The number of hydrogen-bond acceptors (Lipinski definition) is 4. The highest BCUT2D eigenvalue weighted by Crippen LogP contribution is 2.33. The molecule has 2 atom stereocenters. The van der Waals surface area contributed by atoms with E-state index in [2.05, 4.69) is 13.1 Å². The molecule has 0 bridgehead atoms. The summed E-state index contributed by atoms with van der Waals surface area (Å²) < 4.78 is 18.4. The van der Waals surface area contributed by atoms with Gasteiger partial charge in [0, 0.05) is 0 Å². The highest BCUT2D eigenvalue weighted by molar-refractivity contribution is 6.57. The zero-order valence-electron chi connectivity index (χ0n) is 20.0. The minimum absolute atomic E-state index is 0.00642. The fraction of sp³-hybridized carbons (Fsp3) is 0.357. The Hall–Kier alpha value is -2.44. The third-order valence-electron chi connectivity index (χ3n) is 5.38. The van der Waals surface area contributed by atoms with Crippen LogP contribution in [-0.2, 0) is 28.3 Å². The van der Waals surface area contributed by atoms with E-state index in [0.29, 0.717) is 19.0 Å². The van der Waals surface area contributed by atoms with Crippen molar-refractivity contribution >= 4 is 8.80 Å². The Morgan fingerprint density at radius 2 is 1.42 bits per heavy atom. The molecule has 3 aromatic rings. The molecular weight excluding hydrogens is 428 g/mol. The van der Waals surface area contributed by atoms with Crippen LogP contribution in [0.1, 0.15) is 30.5 Å². The van der Waals surface area contributed by atoms with E-state index < -0.39 is 14.4 Å². The third-order valence-corrected chi connectivity index (χ3v) is 7.04. The summed E-state index contributed by atoms with van der Waals surface area (Å²) in [6.45, 7) is 9.36. The van der Waals surface area contributed by atoms with E-state index in [-0.39, 0.29) is 18.4 Å². The second kappa shape index (κ2) is 12.1. The van der Waals surface area contributed by atoms with E-state index in [9.17, 15) is 5.11 Å². The Morgan fingerprint density at radius 1 is 0.818 bits per heavy atom. The number of ether oxygens (including phenoxy) is 3. The fourth-order valence-corrected chi connectivity index (χ4v) is 5.55. The van der Waals surface area contributed by atoms with Crippen LogP contribution in [0.4, 0.5) is 0 Å². The topological polar surface area (TPSA) is 47.9 Å². The standard InChI is InChI=1S/C28H35O4Si/c1-22(2)32-27(33(3)4)28(29,21-30-19-23-12-7-5-8-13-23)25-16-11-17-26(18-25)31-20-24-14-9-6-10-15-24/h5-18,22,27,29H,19-21H2,1-4H3. The maximum atomic E-state index is 12.1. The van der Waals surface area contributed by atoms with Gasteiger partial charge in [0.1, 0.15) is 18.0 Å². The zero-order chi connectivity index (χ0) is 23.7. The van der Waals surface area contributed by atoms with Crippen molar-refractivity contribution in [2.45, 2.75) is 57.6 Å². The van der Waals surface area contributed by atoms with Crippen molar-refractivity contribution in [2.24, 2.45) is 0 Å². The van der Waals surface area contributed by atoms with Crippen LogP contribution in [0.3, 0.4) is 0 Å². The molecule has 0 heterocycles. The summed E-state index contributed by atoms with van der Waals surface area (Å²) in [6.07, 6.45) is -0.00642. The number of rotatable bonds is 12. The molecule has 0 amide bonds. The van der Waals surface area contributed by atoms with Crippen LogP contribution in [0.5, 0.6) is 5.75 Å². The van der Waals surface area contributed by atoms with Crippen molar-refractivity contribution in [3.8, 4) is 5.75 Å². The van der Waals surface area contributed by atoms with Crippen LogP contribution in [0.25, 0.3) is 0 Å². The minimum Gasteiger partial charge on any atom is -0.489 e. The lowest BCUT2D eigenvalue weighted by atomic mass is 9.94. The highest BCUT2D eigenvalue weighted by Gasteiger charge is 2.43. The van der Waals surface area contributed by atoms with Gasteiger partial charge in [-0.25, -0.2) is 0 Å². The normalized spacial score (nSPS) is 14.3.